The van der Waals surface area contributed by atoms with Crippen LogP contribution in [0.15, 0.2) is 11.1 Å². The Morgan fingerprint density at radius 1 is 1.05 bits per heavy atom. The maximum Gasteiger partial charge on any atom is 0.335 e. The summed E-state index contributed by atoms with van der Waals surface area (Å²) in [5.41, 5.74) is 0.897. The Kier molecular flexibility index (Phi) is 4.71. The molecule has 0 radical (unpaired) electrons. The molecule has 0 aromatic heterocycles. The van der Waals surface area contributed by atoms with Crippen LogP contribution in [0.3, 0.4) is 0 Å². The van der Waals surface area contributed by atoms with Gasteiger partial charge in [0.05, 0.1) is 30.2 Å². The zero-order chi connectivity index (χ0) is 14.2. The minimum Gasteiger partial charge on any atom is -0.466 e. The Morgan fingerprint density at radius 2 is 1.63 bits per heavy atom. The van der Waals surface area contributed by atoms with Crippen LogP contribution in [0.5, 0.6) is 0 Å². The number of hydrogen-bond acceptors (Lipinski definition) is 4. The van der Waals surface area contributed by atoms with Crippen molar-refractivity contribution in [3.8, 4) is 0 Å². The molecule has 2 rings (SSSR count). The van der Waals surface area contributed by atoms with Crippen molar-refractivity contribution in [2.45, 2.75) is 28.9 Å². The molecule has 0 amide bonds. The highest BCUT2D eigenvalue weighted by Crippen LogP contribution is 2.49. The minimum atomic E-state index is -0.446. The number of rotatable bonds is 2. The van der Waals surface area contributed by atoms with Crippen LogP contribution in [-0.4, -0.2) is 35.8 Å². The molecule has 0 aromatic carbocycles. The lowest BCUT2D eigenvalue weighted by Crippen LogP contribution is -2.45. The van der Waals surface area contributed by atoms with E-state index in [-0.39, 0.29) is 15.6 Å². The van der Waals surface area contributed by atoms with E-state index in [4.69, 9.17) is 9.47 Å². The number of fused-ring (bicyclic) bond motifs is 2. The van der Waals surface area contributed by atoms with E-state index in [1.165, 1.54) is 14.2 Å². The number of esters is 2. The van der Waals surface area contributed by atoms with Gasteiger partial charge in [0.15, 0.2) is 0 Å². The summed E-state index contributed by atoms with van der Waals surface area (Å²) in [6.07, 6.45) is 2.96. The third-order valence-electron chi connectivity index (χ3n) is 3.97. The van der Waals surface area contributed by atoms with E-state index in [1.807, 2.05) is 0 Å². The van der Waals surface area contributed by atoms with Crippen molar-refractivity contribution in [1.29, 1.82) is 0 Å². The number of carbonyl (C=O) groups is 2. The molecule has 4 atom stereocenters. The molecule has 2 aliphatic rings. The van der Waals surface area contributed by atoms with Crippen molar-refractivity contribution in [3.63, 3.8) is 0 Å². The van der Waals surface area contributed by atoms with Crippen molar-refractivity contribution >= 4 is 43.8 Å². The van der Waals surface area contributed by atoms with Crippen molar-refractivity contribution in [2.75, 3.05) is 14.2 Å². The second-order valence-corrected chi connectivity index (χ2v) is 6.90. The summed E-state index contributed by atoms with van der Waals surface area (Å²) in [6, 6.07) is 0. The Hall–Kier alpha value is -0.360. The topological polar surface area (TPSA) is 52.6 Å². The fourth-order valence-electron chi connectivity index (χ4n) is 3.07. The van der Waals surface area contributed by atoms with Gasteiger partial charge in [0, 0.05) is 10.7 Å². The van der Waals surface area contributed by atoms with Gasteiger partial charge in [0.2, 0.25) is 0 Å². The first-order chi connectivity index (χ1) is 9.02. The highest BCUT2D eigenvalue weighted by molar-refractivity contribution is 9.10. The van der Waals surface area contributed by atoms with Crippen molar-refractivity contribution in [2.24, 2.45) is 11.8 Å². The first-order valence-corrected chi connectivity index (χ1v) is 8.04. The van der Waals surface area contributed by atoms with Crippen LogP contribution in [0.1, 0.15) is 19.3 Å². The Labute approximate surface area is 129 Å². The molecule has 106 valence electrons. The highest BCUT2D eigenvalue weighted by atomic mass is 79.9. The lowest BCUT2D eigenvalue weighted by molar-refractivity contribution is -0.140. The van der Waals surface area contributed by atoms with Gasteiger partial charge in [-0.1, -0.05) is 38.3 Å². The number of alkyl halides is 2. The predicted octanol–water partition coefficient (Wildman–Crippen LogP) is 2.59. The van der Waals surface area contributed by atoms with E-state index < -0.39 is 11.9 Å². The van der Waals surface area contributed by atoms with Gasteiger partial charge in [-0.05, 0) is 18.8 Å². The minimum absolute atomic E-state index is 0.0223. The summed E-state index contributed by atoms with van der Waals surface area (Å²) < 4.78 is 9.69. The van der Waals surface area contributed by atoms with E-state index in [9.17, 15) is 9.59 Å². The van der Waals surface area contributed by atoms with E-state index >= 15 is 0 Å². The van der Waals surface area contributed by atoms with Crippen LogP contribution in [-0.2, 0) is 19.1 Å². The molecular formula is C13H16Br2O4. The van der Waals surface area contributed by atoms with E-state index in [0.29, 0.717) is 17.1 Å². The van der Waals surface area contributed by atoms with E-state index in [1.54, 1.807) is 0 Å². The third-order valence-corrected chi connectivity index (χ3v) is 6.42. The molecule has 6 heteroatoms. The van der Waals surface area contributed by atoms with Crippen molar-refractivity contribution in [1.82, 2.24) is 0 Å². The van der Waals surface area contributed by atoms with Crippen molar-refractivity contribution in [3.05, 3.63) is 11.1 Å². The number of halogens is 2. The Morgan fingerprint density at radius 3 is 2.21 bits per heavy atom. The fourth-order valence-corrected chi connectivity index (χ4v) is 5.60. The van der Waals surface area contributed by atoms with Crippen LogP contribution in [0.4, 0.5) is 0 Å². The molecule has 0 N–H and O–H groups in total. The molecule has 0 aromatic rings. The molecule has 0 saturated heterocycles. The average Bonchev–Trinajstić information content (AvgIpc) is 2.41. The molecule has 0 aliphatic heterocycles. The summed E-state index contributed by atoms with van der Waals surface area (Å²) in [4.78, 5) is 24.1. The summed E-state index contributed by atoms with van der Waals surface area (Å²) in [6.45, 7) is 0. The van der Waals surface area contributed by atoms with Crippen LogP contribution < -0.4 is 0 Å². The molecule has 2 aliphatic carbocycles. The monoisotopic (exact) mass is 394 g/mol. The number of ether oxygens (including phenoxy) is 2. The molecule has 0 unspecified atom stereocenters. The van der Waals surface area contributed by atoms with Gasteiger partial charge in [0.1, 0.15) is 0 Å². The molecule has 2 bridgehead atoms. The summed E-state index contributed by atoms with van der Waals surface area (Å²) in [7, 11) is 2.67. The van der Waals surface area contributed by atoms with Crippen LogP contribution in [0, 0.1) is 11.8 Å². The smallest absolute Gasteiger partial charge is 0.335 e. The van der Waals surface area contributed by atoms with Crippen LogP contribution in [0.25, 0.3) is 0 Å². The second kappa shape index (κ2) is 5.95. The number of carbonyl (C=O) groups excluding carboxylic acids is 2. The third kappa shape index (κ3) is 2.49. The summed E-state index contributed by atoms with van der Waals surface area (Å²) >= 11 is 7.25. The normalized spacial score (nSPS) is 33.9. The summed E-state index contributed by atoms with van der Waals surface area (Å²) in [5, 5.41) is 0. The standard InChI is InChI=1S/C13H16Br2O4/c1-18-12(16)8-6-4-3-5-7(10(6)14)11(15)9(8)13(17)19-2/h6-7,10-11H,3-5H2,1-2H3/t6-,7-,10+,11+/m0/s1. The van der Waals surface area contributed by atoms with Gasteiger partial charge in [-0.2, -0.15) is 0 Å². The van der Waals surface area contributed by atoms with Gasteiger partial charge in [0.25, 0.3) is 0 Å². The number of methoxy groups -OCH3 is 2. The Bertz CT molecular complexity index is 432. The lowest BCUT2D eigenvalue weighted by Gasteiger charge is -2.43. The predicted molar refractivity (Wildman–Crippen MR) is 77.3 cm³/mol. The molecule has 1 saturated carbocycles. The zero-order valence-electron chi connectivity index (χ0n) is 10.8. The molecule has 1 fully saturated rings. The van der Waals surface area contributed by atoms with Gasteiger partial charge >= 0.3 is 11.9 Å². The Balaban J connectivity index is 2.56. The zero-order valence-corrected chi connectivity index (χ0v) is 14.0. The molecule has 4 nitrogen and oxygen atoms in total. The SMILES string of the molecule is COC(=O)C1=C(C(=O)OC)[C@@H]2CCC[C@@H]([C@@H]2Br)[C@H]1Br. The van der Waals surface area contributed by atoms with Crippen LogP contribution >= 0.6 is 31.9 Å². The van der Waals surface area contributed by atoms with Gasteiger partial charge in [-0.3, -0.25) is 0 Å². The fraction of sp³-hybridized carbons (Fsp3) is 0.692. The van der Waals surface area contributed by atoms with Gasteiger partial charge < -0.3 is 9.47 Å². The molecule has 0 spiro atoms. The second-order valence-electron chi connectivity index (χ2n) is 4.86. The molecule has 19 heavy (non-hydrogen) atoms. The number of hydrogen-bond donors (Lipinski definition) is 0. The quantitative estimate of drug-likeness (QED) is 0.532. The average molecular weight is 396 g/mol. The lowest BCUT2D eigenvalue weighted by atomic mass is 9.69. The van der Waals surface area contributed by atoms with E-state index in [2.05, 4.69) is 31.9 Å². The van der Waals surface area contributed by atoms with Gasteiger partial charge in [-0.25, -0.2) is 9.59 Å². The van der Waals surface area contributed by atoms with Crippen molar-refractivity contribution < 1.29 is 19.1 Å². The molecular weight excluding hydrogens is 380 g/mol. The summed E-state index contributed by atoms with van der Waals surface area (Å²) in [5.74, 6) is -0.561. The first-order valence-electron chi connectivity index (χ1n) is 6.21. The van der Waals surface area contributed by atoms with Crippen LogP contribution in [0.2, 0.25) is 0 Å². The first kappa shape index (κ1) is 15.0. The maximum atomic E-state index is 12.1. The molecule has 0 heterocycles. The van der Waals surface area contributed by atoms with E-state index in [0.717, 1.165) is 19.3 Å². The highest BCUT2D eigenvalue weighted by Gasteiger charge is 2.48. The maximum absolute atomic E-state index is 12.1. The van der Waals surface area contributed by atoms with Gasteiger partial charge in [-0.15, -0.1) is 0 Å². The largest absolute Gasteiger partial charge is 0.466 e.